The number of para-hydroxylation sites is 1. The number of rotatable bonds is 5. The fourth-order valence-corrected chi connectivity index (χ4v) is 3.78. The number of benzene rings is 1. The molecule has 28 heavy (non-hydrogen) atoms. The summed E-state index contributed by atoms with van der Waals surface area (Å²) in [5.74, 6) is -1.39. The zero-order chi connectivity index (χ0) is 19.7. The normalized spacial score (nSPS) is 12.0. The summed E-state index contributed by atoms with van der Waals surface area (Å²) in [4.78, 5) is 31.0. The van der Waals surface area contributed by atoms with Crippen LogP contribution in [0.25, 0.3) is 10.2 Å². The number of amides is 1. The van der Waals surface area contributed by atoms with Crippen LogP contribution >= 0.6 is 11.3 Å². The summed E-state index contributed by atoms with van der Waals surface area (Å²) in [5.41, 5.74) is 2.37. The summed E-state index contributed by atoms with van der Waals surface area (Å²) < 4.78 is 0.685. The Morgan fingerprint density at radius 3 is 2.61 bits per heavy atom. The maximum atomic E-state index is 12.7. The highest BCUT2D eigenvalue weighted by Gasteiger charge is 2.19. The first-order valence-corrected chi connectivity index (χ1v) is 9.19. The molecule has 1 unspecified atom stereocenters. The average Bonchev–Trinajstić information content (AvgIpc) is 3.28. The quantitative estimate of drug-likeness (QED) is 0.413. The number of nitrogens with zero attached hydrogens (tertiary/aromatic N) is 1. The molecule has 1 aromatic carbocycles. The Bertz CT molecular complexity index is 1140. The fourth-order valence-electron chi connectivity index (χ4n) is 2.89. The Kier molecular flexibility index (Phi) is 4.64. The molecule has 140 valence electrons. The van der Waals surface area contributed by atoms with Crippen LogP contribution in [0.4, 0.5) is 5.69 Å². The van der Waals surface area contributed by atoms with Gasteiger partial charge in [-0.15, -0.1) is 11.3 Å². The number of hydrogen-bond acceptors (Lipinski definition) is 5. The van der Waals surface area contributed by atoms with Gasteiger partial charge in [0.05, 0.1) is 15.9 Å². The first kappa shape index (κ1) is 17.9. The molecule has 0 fully saturated rings. The van der Waals surface area contributed by atoms with Gasteiger partial charge in [0.15, 0.2) is 0 Å². The van der Waals surface area contributed by atoms with Crippen molar-refractivity contribution in [2.24, 2.45) is 0 Å². The van der Waals surface area contributed by atoms with Gasteiger partial charge in [-0.3, -0.25) is 9.78 Å². The van der Waals surface area contributed by atoms with E-state index in [2.05, 4.69) is 15.3 Å². The van der Waals surface area contributed by atoms with Crippen LogP contribution in [0.2, 0.25) is 0 Å². The second kappa shape index (κ2) is 7.26. The van der Waals surface area contributed by atoms with Gasteiger partial charge in [0, 0.05) is 17.4 Å². The van der Waals surface area contributed by atoms with E-state index in [4.69, 9.17) is 5.11 Å². The van der Waals surface area contributed by atoms with E-state index in [0.717, 1.165) is 11.3 Å². The first-order valence-electron chi connectivity index (χ1n) is 8.38. The standard InChI is InChI=1S/C20H15N3O4S/c24-18(13-7-3-4-8-21-13)11-5-1-2-6-12(11)23-19(25)15-10-16-14(22-15)9-17(28-16)20(26)27/h1-10,18,22,24H,(H,23,25)(H,26,27). The number of carbonyl (C=O) groups is 2. The number of aliphatic hydroxyl groups excluding tert-OH is 1. The average molecular weight is 393 g/mol. The third kappa shape index (κ3) is 3.38. The van der Waals surface area contributed by atoms with Gasteiger partial charge in [0.25, 0.3) is 5.91 Å². The van der Waals surface area contributed by atoms with Gasteiger partial charge in [-0.2, -0.15) is 0 Å². The highest BCUT2D eigenvalue weighted by Crippen LogP contribution is 2.29. The highest BCUT2D eigenvalue weighted by atomic mass is 32.1. The second-order valence-corrected chi connectivity index (χ2v) is 7.16. The third-order valence-corrected chi connectivity index (χ3v) is 5.30. The molecule has 0 saturated carbocycles. The Morgan fingerprint density at radius 2 is 1.89 bits per heavy atom. The molecule has 3 heterocycles. The minimum absolute atomic E-state index is 0.206. The Morgan fingerprint density at radius 1 is 1.11 bits per heavy atom. The number of carboxylic acid groups (broad SMARTS) is 1. The number of aromatic nitrogens is 2. The molecule has 7 nitrogen and oxygen atoms in total. The molecule has 0 aliphatic carbocycles. The van der Waals surface area contributed by atoms with E-state index < -0.39 is 12.1 Å². The van der Waals surface area contributed by atoms with Crippen molar-refractivity contribution in [2.75, 3.05) is 5.32 Å². The summed E-state index contributed by atoms with van der Waals surface area (Å²) >= 11 is 1.10. The Hall–Kier alpha value is -3.49. The van der Waals surface area contributed by atoms with Crippen molar-refractivity contribution in [3.8, 4) is 0 Å². The molecule has 3 aromatic heterocycles. The van der Waals surface area contributed by atoms with E-state index in [9.17, 15) is 14.7 Å². The number of pyridine rings is 1. The van der Waals surface area contributed by atoms with Crippen molar-refractivity contribution in [1.82, 2.24) is 9.97 Å². The van der Waals surface area contributed by atoms with E-state index in [1.165, 1.54) is 6.07 Å². The van der Waals surface area contributed by atoms with Crippen LogP contribution in [0.5, 0.6) is 0 Å². The van der Waals surface area contributed by atoms with Gasteiger partial charge in [0.2, 0.25) is 0 Å². The summed E-state index contributed by atoms with van der Waals surface area (Å²) in [7, 11) is 0. The minimum atomic E-state index is -1.00. The van der Waals surface area contributed by atoms with Crippen LogP contribution < -0.4 is 5.32 Å². The molecule has 1 atom stereocenters. The molecule has 0 radical (unpaired) electrons. The molecule has 0 saturated heterocycles. The lowest BCUT2D eigenvalue weighted by Crippen LogP contribution is -2.15. The summed E-state index contributed by atoms with van der Waals surface area (Å²) in [6.45, 7) is 0. The van der Waals surface area contributed by atoms with E-state index in [-0.39, 0.29) is 10.8 Å². The molecule has 0 spiro atoms. The van der Waals surface area contributed by atoms with Gasteiger partial charge < -0.3 is 20.5 Å². The summed E-state index contributed by atoms with van der Waals surface area (Å²) in [6, 6.07) is 15.3. The molecule has 0 aliphatic rings. The van der Waals surface area contributed by atoms with Crippen molar-refractivity contribution in [2.45, 2.75) is 6.10 Å². The van der Waals surface area contributed by atoms with Crippen LogP contribution in [-0.2, 0) is 0 Å². The van der Waals surface area contributed by atoms with Crippen molar-refractivity contribution in [3.05, 3.63) is 82.6 Å². The number of aliphatic hydroxyl groups is 1. The van der Waals surface area contributed by atoms with E-state index in [1.54, 1.807) is 54.7 Å². The van der Waals surface area contributed by atoms with Crippen molar-refractivity contribution >= 4 is 39.1 Å². The highest BCUT2D eigenvalue weighted by molar-refractivity contribution is 7.20. The summed E-state index contributed by atoms with van der Waals surface area (Å²) in [6.07, 6.45) is 0.611. The van der Waals surface area contributed by atoms with E-state index >= 15 is 0 Å². The van der Waals surface area contributed by atoms with Crippen molar-refractivity contribution in [1.29, 1.82) is 0 Å². The van der Waals surface area contributed by atoms with Crippen LogP contribution in [-0.4, -0.2) is 32.1 Å². The predicted octanol–water partition coefficient (Wildman–Crippen LogP) is 3.66. The zero-order valence-corrected chi connectivity index (χ0v) is 15.2. The molecule has 4 rings (SSSR count). The number of nitrogens with one attached hydrogen (secondary N) is 2. The molecular formula is C20H15N3O4S. The lowest BCUT2D eigenvalue weighted by Gasteiger charge is -2.15. The number of thiophene rings is 1. The third-order valence-electron chi connectivity index (χ3n) is 4.23. The van der Waals surface area contributed by atoms with Gasteiger partial charge >= 0.3 is 5.97 Å². The zero-order valence-electron chi connectivity index (χ0n) is 14.4. The first-order chi connectivity index (χ1) is 13.5. The molecule has 1 amide bonds. The Labute approximate surface area is 163 Å². The van der Waals surface area contributed by atoms with Crippen molar-refractivity contribution in [3.63, 3.8) is 0 Å². The van der Waals surface area contributed by atoms with Crippen LogP contribution in [0.1, 0.15) is 37.5 Å². The number of anilines is 1. The molecule has 8 heteroatoms. The lowest BCUT2D eigenvalue weighted by atomic mass is 10.0. The molecule has 4 N–H and O–H groups in total. The monoisotopic (exact) mass is 393 g/mol. The van der Waals surface area contributed by atoms with Gasteiger partial charge in [0.1, 0.15) is 16.7 Å². The maximum Gasteiger partial charge on any atom is 0.345 e. The number of aromatic amines is 1. The van der Waals surface area contributed by atoms with Crippen LogP contribution in [0.15, 0.2) is 60.8 Å². The molecule has 0 bridgehead atoms. The van der Waals surface area contributed by atoms with Crippen LogP contribution in [0, 0.1) is 0 Å². The number of fused-ring (bicyclic) bond motifs is 1. The van der Waals surface area contributed by atoms with Crippen LogP contribution in [0.3, 0.4) is 0 Å². The smallest absolute Gasteiger partial charge is 0.345 e. The lowest BCUT2D eigenvalue weighted by molar-refractivity contribution is 0.0702. The largest absolute Gasteiger partial charge is 0.477 e. The molecule has 0 aliphatic heterocycles. The fraction of sp³-hybridized carbons (Fsp3) is 0.0500. The molecular weight excluding hydrogens is 378 g/mol. The van der Waals surface area contributed by atoms with Gasteiger partial charge in [-0.1, -0.05) is 24.3 Å². The van der Waals surface area contributed by atoms with E-state index in [1.807, 2.05) is 0 Å². The summed E-state index contributed by atoms with van der Waals surface area (Å²) in [5, 5.41) is 22.5. The second-order valence-electron chi connectivity index (χ2n) is 6.08. The number of H-pyrrole nitrogens is 1. The number of aromatic carboxylic acids is 1. The minimum Gasteiger partial charge on any atom is -0.477 e. The predicted molar refractivity (Wildman–Crippen MR) is 106 cm³/mol. The van der Waals surface area contributed by atoms with Gasteiger partial charge in [-0.05, 0) is 30.3 Å². The SMILES string of the molecule is O=C(Nc1ccccc1C(O)c1ccccn1)c1cc2sc(C(=O)O)cc2[nH]1. The van der Waals surface area contributed by atoms with Crippen molar-refractivity contribution < 1.29 is 19.8 Å². The number of hydrogen-bond donors (Lipinski definition) is 4. The maximum absolute atomic E-state index is 12.7. The Balaban J connectivity index is 1.60. The van der Waals surface area contributed by atoms with Gasteiger partial charge in [-0.25, -0.2) is 4.79 Å². The topological polar surface area (TPSA) is 115 Å². The van der Waals surface area contributed by atoms with E-state index in [0.29, 0.717) is 32.9 Å². The molecule has 4 aromatic rings. The number of carboxylic acids is 1. The number of carbonyl (C=O) groups excluding carboxylic acids is 1.